The van der Waals surface area contributed by atoms with Crippen LogP contribution in [0, 0.1) is 11.5 Å². The molecule has 1 aliphatic heterocycles. The molecular weight excluding hydrogens is 595 g/mol. The number of carboxylic acids is 1. The van der Waals surface area contributed by atoms with Crippen molar-refractivity contribution in [3.05, 3.63) is 52.5 Å². The predicted octanol–water partition coefficient (Wildman–Crippen LogP) is 5.13. The second kappa shape index (κ2) is 13.2. The normalized spacial score (nSPS) is 22.7. The third kappa shape index (κ3) is 7.37. The number of fused-ring (bicyclic) bond motifs is 1. The number of likely N-dealkylation sites (tertiary alicyclic amines) is 1. The number of halogens is 4. The van der Waals surface area contributed by atoms with Gasteiger partial charge in [-0.1, -0.05) is 28.1 Å². The molecule has 9 nitrogen and oxygen atoms in total. The van der Waals surface area contributed by atoms with Crippen LogP contribution in [0.25, 0.3) is 0 Å². The van der Waals surface area contributed by atoms with Gasteiger partial charge in [-0.3, -0.25) is 5.32 Å². The maximum Gasteiger partial charge on any atom is 0.490 e. The van der Waals surface area contributed by atoms with Crippen LogP contribution in [-0.4, -0.2) is 68.0 Å². The second-order valence-corrected chi connectivity index (χ2v) is 10.5. The predicted molar refractivity (Wildman–Crippen MR) is 148 cm³/mol. The molecule has 1 aliphatic carbocycles. The molecule has 40 heavy (non-hydrogen) atoms. The molecule has 0 radical (unpaired) electrons. The smallest absolute Gasteiger partial charge is 0.490 e. The number of nitrogens with one attached hydrogen (secondary N) is 2. The molecule has 1 saturated carbocycles. The number of likely N-dealkylation sites (N-methyl/N-ethyl adjacent to an activating group) is 1. The number of nitriles is 1. The average molecular weight is 626 g/mol. The van der Waals surface area contributed by atoms with Gasteiger partial charge in [0.1, 0.15) is 0 Å². The Labute approximate surface area is 239 Å². The maximum absolute atomic E-state index is 10.6. The van der Waals surface area contributed by atoms with Gasteiger partial charge in [0.2, 0.25) is 5.96 Å². The van der Waals surface area contributed by atoms with Gasteiger partial charge >= 0.3 is 12.1 Å². The Morgan fingerprint density at radius 3 is 2.50 bits per heavy atom. The summed E-state index contributed by atoms with van der Waals surface area (Å²) in [6.45, 7) is 1.05. The molecule has 2 aromatic carbocycles. The molecule has 4 rings (SSSR count). The number of hydrogen-bond donors (Lipinski definition) is 3. The summed E-state index contributed by atoms with van der Waals surface area (Å²) in [6.07, 6.45) is 0.957. The fraction of sp³-hybridized carbons (Fsp3) is 0.444. The summed E-state index contributed by atoms with van der Waals surface area (Å²) in [6, 6.07) is 14.7. The quantitative estimate of drug-likeness (QED) is 0.181. The Morgan fingerprint density at radius 2 is 1.90 bits per heavy atom. The number of nitrogens with zero attached hydrogens (tertiary/aromatic N) is 3. The van der Waals surface area contributed by atoms with E-state index in [2.05, 4.69) is 50.6 Å². The Bertz CT molecular complexity index is 1270. The van der Waals surface area contributed by atoms with E-state index in [-0.39, 0.29) is 11.5 Å². The number of hydrogen-bond acceptors (Lipinski definition) is 6. The Kier molecular flexibility index (Phi) is 10.3. The van der Waals surface area contributed by atoms with Crippen LogP contribution in [0.4, 0.5) is 18.9 Å². The van der Waals surface area contributed by atoms with E-state index in [0.29, 0.717) is 12.0 Å². The third-order valence-corrected chi connectivity index (χ3v) is 7.77. The molecule has 0 spiro atoms. The van der Waals surface area contributed by atoms with Crippen molar-refractivity contribution in [2.24, 2.45) is 4.99 Å². The van der Waals surface area contributed by atoms with E-state index in [1.807, 2.05) is 36.5 Å². The molecule has 0 bridgehead atoms. The topological polar surface area (TPSA) is 119 Å². The van der Waals surface area contributed by atoms with Crippen LogP contribution >= 0.6 is 15.9 Å². The summed E-state index contributed by atoms with van der Waals surface area (Å²) in [5, 5.41) is 22.3. The molecule has 1 saturated heterocycles. The van der Waals surface area contributed by atoms with E-state index in [4.69, 9.17) is 24.4 Å². The Morgan fingerprint density at radius 1 is 1.20 bits per heavy atom. The fourth-order valence-corrected chi connectivity index (χ4v) is 5.79. The summed E-state index contributed by atoms with van der Waals surface area (Å²) in [7, 11) is 5.55. The lowest BCUT2D eigenvalue weighted by atomic mass is 9.65. The summed E-state index contributed by atoms with van der Waals surface area (Å²) in [5.74, 6) is -0.742. The number of methoxy groups -OCH3 is 2. The van der Waals surface area contributed by atoms with Crippen LogP contribution in [0.5, 0.6) is 11.5 Å². The first-order chi connectivity index (χ1) is 18.9. The Hall–Kier alpha value is -3.50. The monoisotopic (exact) mass is 625 g/mol. The van der Waals surface area contributed by atoms with E-state index < -0.39 is 12.1 Å². The lowest BCUT2D eigenvalue weighted by molar-refractivity contribution is -0.192. The molecule has 2 fully saturated rings. The van der Waals surface area contributed by atoms with E-state index in [1.54, 1.807) is 14.2 Å². The summed E-state index contributed by atoms with van der Waals surface area (Å²) >= 11 is 3.49. The number of rotatable bonds is 5. The van der Waals surface area contributed by atoms with Gasteiger partial charge < -0.3 is 24.8 Å². The zero-order valence-corrected chi connectivity index (χ0v) is 23.8. The first kappa shape index (κ1) is 31.0. The maximum atomic E-state index is 10.6. The highest BCUT2D eigenvalue weighted by Gasteiger charge is 2.50. The van der Waals surface area contributed by atoms with Crippen LogP contribution in [0.2, 0.25) is 0 Å². The zero-order chi connectivity index (χ0) is 29.5. The first-order valence-electron chi connectivity index (χ1n) is 12.4. The zero-order valence-electron chi connectivity index (χ0n) is 22.3. The third-order valence-electron chi connectivity index (χ3n) is 7.27. The van der Waals surface area contributed by atoms with Gasteiger partial charge in [0, 0.05) is 21.6 Å². The molecule has 13 heteroatoms. The van der Waals surface area contributed by atoms with Gasteiger partial charge in [-0.25, -0.2) is 9.79 Å². The minimum atomic E-state index is -5.08. The van der Waals surface area contributed by atoms with Crippen molar-refractivity contribution in [2.45, 2.75) is 49.4 Å². The number of carboxylic acid groups (broad SMARTS) is 1. The molecule has 0 aromatic heterocycles. The number of anilines is 1. The number of benzene rings is 2. The van der Waals surface area contributed by atoms with Crippen LogP contribution in [-0.2, 0) is 10.2 Å². The summed E-state index contributed by atoms with van der Waals surface area (Å²) in [5.41, 5.74) is 2.25. The van der Waals surface area contributed by atoms with E-state index in [1.165, 1.54) is 5.56 Å². The lowest BCUT2D eigenvalue weighted by Crippen LogP contribution is -2.47. The minimum absolute atomic E-state index is 0.0703. The van der Waals surface area contributed by atoms with Gasteiger partial charge in [-0.15, -0.1) is 0 Å². The molecule has 0 unspecified atom stereocenters. The molecule has 1 heterocycles. The van der Waals surface area contributed by atoms with Crippen molar-refractivity contribution in [3.63, 3.8) is 0 Å². The van der Waals surface area contributed by atoms with Crippen LogP contribution in [0.1, 0.15) is 31.2 Å². The summed E-state index contributed by atoms with van der Waals surface area (Å²) in [4.78, 5) is 16.3. The minimum Gasteiger partial charge on any atom is -0.493 e. The SMILES string of the molecule is COc1ccc([C@@]23CC[C@@H](N=C(NC#N)Nc4cccc(Br)c4)C[C@@H]2N(C)CC3)cc1OC.O=C(O)C(F)(F)F. The van der Waals surface area contributed by atoms with Crippen molar-refractivity contribution >= 4 is 33.5 Å². The number of alkyl halides is 3. The second-order valence-electron chi connectivity index (χ2n) is 9.55. The molecule has 3 N–H and O–H groups in total. The van der Waals surface area contributed by atoms with E-state index in [9.17, 15) is 18.4 Å². The number of guanidine groups is 1. The van der Waals surface area contributed by atoms with Crippen molar-refractivity contribution in [2.75, 3.05) is 33.1 Å². The van der Waals surface area contributed by atoms with E-state index >= 15 is 0 Å². The van der Waals surface area contributed by atoms with Crippen LogP contribution < -0.4 is 20.1 Å². The van der Waals surface area contributed by atoms with E-state index in [0.717, 1.165) is 53.9 Å². The van der Waals surface area contributed by atoms with Crippen LogP contribution in [0.3, 0.4) is 0 Å². The fourth-order valence-electron chi connectivity index (χ4n) is 5.40. The molecule has 2 aromatic rings. The largest absolute Gasteiger partial charge is 0.493 e. The molecule has 3 atom stereocenters. The van der Waals surface area contributed by atoms with Crippen molar-refractivity contribution in [3.8, 4) is 17.7 Å². The average Bonchev–Trinajstić information content (AvgIpc) is 3.25. The standard InChI is InChI=1S/C25H30BrN5O2.C2HF3O2/c1-31-12-11-25(17-7-8-21(32-2)22(13-17)33-3)10-9-20(15-23(25)31)30-24(28-16-27)29-19-6-4-5-18(26)14-19;3-2(4,5)1(6)7/h4-8,13-14,20,23H,9-12,15H2,1-3H3,(H2,28,29,30);(H,6,7)/t20-,23+,25+;/m1./s1. The molecule has 216 valence electrons. The number of carbonyl (C=O) groups is 1. The molecular formula is C27H31BrF3N5O4. The molecule has 0 amide bonds. The van der Waals surface area contributed by atoms with Gasteiger partial charge in [-0.2, -0.15) is 18.4 Å². The van der Waals surface area contributed by atoms with Gasteiger partial charge in [-0.05, 0) is 75.2 Å². The number of ether oxygens (including phenoxy) is 2. The highest BCUT2D eigenvalue weighted by Crippen LogP contribution is 2.50. The van der Waals surface area contributed by atoms with Crippen molar-refractivity contribution in [1.29, 1.82) is 5.26 Å². The van der Waals surface area contributed by atoms with Gasteiger partial charge in [0.05, 0.1) is 20.3 Å². The van der Waals surface area contributed by atoms with Crippen LogP contribution in [0.15, 0.2) is 51.9 Å². The van der Waals surface area contributed by atoms with Gasteiger partial charge in [0.15, 0.2) is 17.7 Å². The highest BCUT2D eigenvalue weighted by molar-refractivity contribution is 9.10. The first-order valence-corrected chi connectivity index (χ1v) is 13.2. The highest BCUT2D eigenvalue weighted by atomic mass is 79.9. The number of aliphatic imine (C=N–C) groups is 1. The summed E-state index contributed by atoms with van der Waals surface area (Å²) < 4.78 is 43.7. The number of aliphatic carboxylic acids is 1. The van der Waals surface area contributed by atoms with Crippen molar-refractivity contribution in [1.82, 2.24) is 10.2 Å². The van der Waals surface area contributed by atoms with Gasteiger partial charge in [0.25, 0.3) is 0 Å². The Balaban J connectivity index is 0.000000559. The van der Waals surface area contributed by atoms with Crippen molar-refractivity contribution < 1.29 is 32.5 Å². The molecule has 2 aliphatic rings. The lowest BCUT2D eigenvalue weighted by Gasteiger charge is -2.44.